The number of piperazine rings is 1. The van der Waals surface area contributed by atoms with E-state index < -0.39 is 23.4 Å². The van der Waals surface area contributed by atoms with Gasteiger partial charge < -0.3 is 19.9 Å². The number of benzene rings is 1. The van der Waals surface area contributed by atoms with Gasteiger partial charge in [0, 0.05) is 51.7 Å². The molecule has 3 aliphatic heterocycles. The Kier molecular flexibility index (Phi) is 8.54. The lowest BCUT2D eigenvalue weighted by Crippen LogP contribution is -2.54. The molecule has 3 aliphatic rings. The van der Waals surface area contributed by atoms with Crippen molar-refractivity contribution in [2.75, 3.05) is 50.7 Å². The maximum absolute atomic E-state index is 15.0. The standard InChI is InChI=1S/C27H38FN5O5/c1-27(2,3)38-26(37)29-19-5-4-10-33(16-19)24(35)17-31-11-13-32(14-12-31)22-8-6-18(15-21(22)28)20-7-9-23(34)30-25(20)36/h6,8,15,19-20H,4-5,7,9-14,16-17H2,1-3H3,(H,29,37)(H,30,34,36). The van der Waals surface area contributed by atoms with E-state index in [2.05, 4.69) is 15.5 Å². The summed E-state index contributed by atoms with van der Waals surface area (Å²) in [4.78, 5) is 54.4. The molecule has 2 unspecified atom stereocenters. The highest BCUT2D eigenvalue weighted by Gasteiger charge is 2.30. The predicted molar refractivity (Wildman–Crippen MR) is 139 cm³/mol. The summed E-state index contributed by atoms with van der Waals surface area (Å²) in [5.41, 5.74) is 0.468. The average Bonchev–Trinajstić information content (AvgIpc) is 2.83. The minimum absolute atomic E-state index is 0.0221. The fraction of sp³-hybridized carbons (Fsp3) is 0.630. The van der Waals surface area contributed by atoms with Crippen molar-refractivity contribution in [1.29, 1.82) is 0 Å². The third-order valence-corrected chi connectivity index (χ3v) is 7.18. The van der Waals surface area contributed by atoms with Crippen LogP contribution in [0.25, 0.3) is 0 Å². The first-order valence-electron chi connectivity index (χ1n) is 13.4. The monoisotopic (exact) mass is 531 g/mol. The number of halogens is 1. The first-order chi connectivity index (χ1) is 18.0. The lowest BCUT2D eigenvalue weighted by Gasteiger charge is -2.38. The first kappa shape index (κ1) is 27.8. The van der Waals surface area contributed by atoms with Crippen molar-refractivity contribution in [2.24, 2.45) is 0 Å². The third-order valence-electron chi connectivity index (χ3n) is 7.18. The third kappa shape index (κ3) is 7.21. The molecule has 0 bridgehead atoms. The van der Waals surface area contributed by atoms with Crippen molar-refractivity contribution in [3.8, 4) is 0 Å². The smallest absolute Gasteiger partial charge is 0.407 e. The fourth-order valence-corrected chi connectivity index (χ4v) is 5.24. The van der Waals surface area contributed by atoms with E-state index >= 15 is 4.39 Å². The van der Waals surface area contributed by atoms with Crippen LogP contribution in [0.15, 0.2) is 18.2 Å². The van der Waals surface area contributed by atoms with Crippen LogP contribution in [0, 0.1) is 5.82 Å². The Bertz CT molecular complexity index is 1070. The topological polar surface area (TPSA) is 111 Å². The zero-order valence-electron chi connectivity index (χ0n) is 22.4. The summed E-state index contributed by atoms with van der Waals surface area (Å²) >= 11 is 0. The molecular formula is C27H38FN5O5. The van der Waals surface area contributed by atoms with Gasteiger partial charge in [-0.25, -0.2) is 9.18 Å². The van der Waals surface area contributed by atoms with Gasteiger partial charge in [0.15, 0.2) is 0 Å². The maximum atomic E-state index is 15.0. The number of likely N-dealkylation sites (tertiary alicyclic amines) is 1. The molecule has 208 valence electrons. The molecule has 2 atom stereocenters. The lowest BCUT2D eigenvalue weighted by molar-refractivity contribution is -0.135. The number of alkyl carbamates (subject to hydrolysis) is 1. The number of carbonyl (C=O) groups is 4. The molecular weight excluding hydrogens is 493 g/mol. The van der Waals surface area contributed by atoms with Gasteiger partial charge in [-0.05, 0) is 57.7 Å². The SMILES string of the molecule is CC(C)(C)OC(=O)NC1CCCN(C(=O)CN2CCN(c3ccc(C4CCC(=O)NC4=O)cc3F)CC2)C1. The highest BCUT2D eigenvalue weighted by molar-refractivity contribution is 6.00. The van der Waals surface area contributed by atoms with Crippen molar-refractivity contribution in [3.05, 3.63) is 29.6 Å². The minimum Gasteiger partial charge on any atom is -0.444 e. The highest BCUT2D eigenvalue weighted by Crippen LogP contribution is 2.29. The zero-order valence-corrected chi connectivity index (χ0v) is 22.4. The summed E-state index contributed by atoms with van der Waals surface area (Å²) < 4.78 is 20.3. The van der Waals surface area contributed by atoms with Crippen molar-refractivity contribution < 1.29 is 28.3 Å². The molecule has 10 nitrogen and oxygen atoms in total. The van der Waals surface area contributed by atoms with Crippen LogP contribution in [0.4, 0.5) is 14.9 Å². The zero-order chi connectivity index (χ0) is 27.4. The number of rotatable bonds is 5. The van der Waals surface area contributed by atoms with Crippen LogP contribution in [-0.4, -0.2) is 91.1 Å². The molecule has 1 aromatic rings. The van der Waals surface area contributed by atoms with Crippen molar-refractivity contribution in [2.45, 2.75) is 64.0 Å². The average molecular weight is 532 g/mol. The molecule has 0 radical (unpaired) electrons. The van der Waals surface area contributed by atoms with Crippen LogP contribution in [0.3, 0.4) is 0 Å². The Balaban J connectivity index is 1.25. The van der Waals surface area contributed by atoms with Gasteiger partial charge in [0.25, 0.3) is 0 Å². The Hall–Kier alpha value is -3.21. The molecule has 4 amide bonds. The number of nitrogens with zero attached hydrogens (tertiary/aromatic N) is 3. The normalized spacial score (nSPS) is 23.2. The number of hydrogen-bond donors (Lipinski definition) is 2. The second-order valence-electron chi connectivity index (χ2n) is 11.3. The van der Waals surface area contributed by atoms with E-state index in [4.69, 9.17) is 4.74 Å². The summed E-state index contributed by atoms with van der Waals surface area (Å²) in [6.07, 6.45) is 1.78. The van der Waals surface area contributed by atoms with Gasteiger partial charge in [-0.15, -0.1) is 0 Å². The number of hydrogen-bond acceptors (Lipinski definition) is 7. The molecule has 1 aromatic carbocycles. The molecule has 0 spiro atoms. The fourth-order valence-electron chi connectivity index (χ4n) is 5.24. The largest absolute Gasteiger partial charge is 0.444 e. The van der Waals surface area contributed by atoms with E-state index in [0.29, 0.717) is 56.9 Å². The second kappa shape index (κ2) is 11.7. The van der Waals surface area contributed by atoms with E-state index in [1.807, 2.05) is 25.7 Å². The molecule has 3 heterocycles. The number of ether oxygens (including phenoxy) is 1. The van der Waals surface area contributed by atoms with Crippen LogP contribution < -0.4 is 15.5 Å². The second-order valence-corrected chi connectivity index (χ2v) is 11.3. The van der Waals surface area contributed by atoms with Crippen molar-refractivity contribution >= 4 is 29.5 Å². The minimum atomic E-state index is -0.574. The summed E-state index contributed by atoms with van der Waals surface area (Å²) in [5.74, 6) is -1.57. The van der Waals surface area contributed by atoms with E-state index in [0.717, 1.165) is 12.8 Å². The molecule has 3 saturated heterocycles. The quantitative estimate of drug-likeness (QED) is 0.559. The molecule has 0 aliphatic carbocycles. The van der Waals surface area contributed by atoms with Gasteiger partial charge in [-0.1, -0.05) is 6.07 Å². The van der Waals surface area contributed by atoms with Crippen LogP contribution >= 0.6 is 0 Å². The Morgan fingerprint density at radius 2 is 1.84 bits per heavy atom. The van der Waals surface area contributed by atoms with Crippen LogP contribution in [0.2, 0.25) is 0 Å². The summed E-state index contributed by atoms with van der Waals surface area (Å²) in [5, 5.41) is 5.19. The molecule has 11 heteroatoms. The summed E-state index contributed by atoms with van der Waals surface area (Å²) in [7, 11) is 0. The van der Waals surface area contributed by atoms with Crippen molar-refractivity contribution in [3.63, 3.8) is 0 Å². The molecule has 0 saturated carbocycles. The van der Waals surface area contributed by atoms with Crippen molar-refractivity contribution in [1.82, 2.24) is 20.4 Å². The lowest BCUT2D eigenvalue weighted by atomic mass is 9.90. The number of nitrogens with one attached hydrogen (secondary N) is 2. The number of imide groups is 1. The summed E-state index contributed by atoms with van der Waals surface area (Å²) in [6.45, 7) is 9.23. The van der Waals surface area contributed by atoms with E-state index in [1.54, 1.807) is 17.0 Å². The van der Waals surface area contributed by atoms with Crippen LogP contribution in [-0.2, 0) is 19.1 Å². The van der Waals surface area contributed by atoms with Gasteiger partial charge in [-0.3, -0.25) is 24.6 Å². The van der Waals surface area contributed by atoms with Gasteiger partial charge in [0.05, 0.1) is 18.2 Å². The van der Waals surface area contributed by atoms with E-state index in [1.165, 1.54) is 6.07 Å². The Morgan fingerprint density at radius 1 is 1.11 bits per heavy atom. The first-order valence-corrected chi connectivity index (χ1v) is 13.4. The number of anilines is 1. The Morgan fingerprint density at radius 3 is 2.50 bits per heavy atom. The Labute approximate surface area is 222 Å². The van der Waals surface area contributed by atoms with Gasteiger partial charge in [0.2, 0.25) is 17.7 Å². The van der Waals surface area contributed by atoms with Gasteiger partial charge in [0.1, 0.15) is 11.4 Å². The molecule has 0 aromatic heterocycles. The van der Waals surface area contributed by atoms with Crippen LogP contribution in [0.1, 0.15) is 57.9 Å². The van der Waals surface area contributed by atoms with E-state index in [-0.39, 0.29) is 36.7 Å². The number of piperidine rings is 2. The van der Waals surface area contributed by atoms with Crippen LogP contribution in [0.5, 0.6) is 0 Å². The van der Waals surface area contributed by atoms with Gasteiger partial charge in [-0.2, -0.15) is 0 Å². The maximum Gasteiger partial charge on any atom is 0.407 e. The number of amides is 4. The van der Waals surface area contributed by atoms with Gasteiger partial charge >= 0.3 is 6.09 Å². The molecule has 38 heavy (non-hydrogen) atoms. The molecule has 3 fully saturated rings. The van der Waals surface area contributed by atoms with E-state index in [9.17, 15) is 19.2 Å². The predicted octanol–water partition coefficient (Wildman–Crippen LogP) is 1.98. The molecule has 2 N–H and O–H groups in total. The highest BCUT2D eigenvalue weighted by atomic mass is 19.1. The summed E-state index contributed by atoms with van der Waals surface area (Å²) in [6, 6.07) is 4.71. The number of carbonyl (C=O) groups excluding carboxylic acids is 4. The molecule has 4 rings (SSSR count).